The highest BCUT2D eigenvalue weighted by Gasteiger charge is 2.25. The van der Waals surface area contributed by atoms with E-state index in [0.717, 1.165) is 23.6 Å². The topological polar surface area (TPSA) is 29.3 Å². The van der Waals surface area contributed by atoms with Gasteiger partial charge in [0.25, 0.3) is 0 Å². The lowest BCUT2D eigenvalue weighted by Gasteiger charge is -2.38. The second-order valence-electron chi connectivity index (χ2n) is 5.27. The molecule has 0 radical (unpaired) electrons. The molecule has 2 N–H and O–H groups in total. The van der Waals surface area contributed by atoms with Crippen LogP contribution >= 0.6 is 23.4 Å². The first-order valence-electron chi connectivity index (χ1n) is 6.95. The summed E-state index contributed by atoms with van der Waals surface area (Å²) in [6, 6.07) is 8.57. The molecule has 0 bridgehead atoms. The van der Waals surface area contributed by atoms with E-state index >= 15 is 0 Å². The van der Waals surface area contributed by atoms with Crippen molar-refractivity contribution < 1.29 is 0 Å². The lowest BCUT2D eigenvalue weighted by molar-refractivity contribution is 0.206. The van der Waals surface area contributed by atoms with Crippen LogP contribution in [0.5, 0.6) is 0 Å². The Bertz CT molecular complexity index is 413. The molecule has 1 aromatic rings. The van der Waals surface area contributed by atoms with Crippen LogP contribution < -0.4 is 5.73 Å². The molecule has 19 heavy (non-hydrogen) atoms. The molecular formula is C15H23ClN2S. The molecule has 0 spiro atoms. The van der Waals surface area contributed by atoms with Crippen molar-refractivity contribution in [2.24, 2.45) is 5.73 Å². The van der Waals surface area contributed by atoms with Crippen LogP contribution in [0.3, 0.4) is 0 Å². The Hall–Kier alpha value is -0.220. The summed E-state index contributed by atoms with van der Waals surface area (Å²) in [7, 11) is 0. The Balaban J connectivity index is 1.90. The van der Waals surface area contributed by atoms with Gasteiger partial charge in [0.1, 0.15) is 0 Å². The van der Waals surface area contributed by atoms with Crippen LogP contribution in [-0.2, 0) is 0 Å². The minimum absolute atomic E-state index is 0.0331. The predicted molar refractivity (Wildman–Crippen MR) is 86.0 cm³/mol. The predicted octanol–water partition coefficient (Wildman–Crippen LogP) is 3.56. The lowest BCUT2D eigenvalue weighted by Crippen LogP contribution is -2.45. The fraction of sp³-hybridized carbons (Fsp3) is 0.600. The summed E-state index contributed by atoms with van der Waals surface area (Å²) in [6.45, 7) is 6.86. The van der Waals surface area contributed by atoms with E-state index in [2.05, 4.69) is 30.5 Å². The number of hydrogen-bond acceptors (Lipinski definition) is 3. The molecule has 3 atom stereocenters. The van der Waals surface area contributed by atoms with Crippen LogP contribution in [0.4, 0.5) is 0 Å². The SMILES string of the molecule is CC1SCCN(CCC(N)c2ccccc2Cl)C1C. The van der Waals surface area contributed by atoms with Gasteiger partial charge in [0, 0.05) is 41.2 Å². The molecule has 2 nitrogen and oxygen atoms in total. The van der Waals surface area contributed by atoms with E-state index < -0.39 is 0 Å². The Labute approximate surface area is 125 Å². The normalized spacial score (nSPS) is 26.3. The first-order valence-corrected chi connectivity index (χ1v) is 8.38. The smallest absolute Gasteiger partial charge is 0.0453 e. The summed E-state index contributed by atoms with van der Waals surface area (Å²) < 4.78 is 0. The average molecular weight is 299 g/mol. The van der Waals surface area contributed by atoms with Crippen LogP contribution in [0.25, 0.3) is 0 Å². The summed E-state index contributed by atoms with van der Waals surface area (Å²) in [5, 5.41) is 1.50. The maximum absolute atomic E-state index is 6.28. The Morgan fingerprint density at radius 3 is 2.89 bits per heavy atom. The molecule has 1 aliphatic rings. The minimum Gasteiger partial charge on any atom is -0.324 e. The molecule has 0 saturated carbocycles. The van der Waals surface area contributed by atoms with Gasteiger partial charge in [-0.1, -0.05) is 36.7 Å². The van der Waals surface area contributed by atoms with Crippen molar-refractivity contribution >= 4 is 23.4 Å². The third-order valence-corrected chi connectivity index (χ3v) is 5.73. The average Bonchev–Trinajstić information content (AvgIpc) is 2.40. The fourth-order valence-electron chi connectivity index (χ4n) is 2.55. The molecule has 4 heteroatoms. The van der Waals surface area contributed by atoms with Crippen LogP contribution in [0, 0.1) is 0 Å². The van der Waals surface area contributed by atoms with Gasteiger partial charge in [0.2, 0.25) is 0 Å². The van der Waals surface area contributed by atoms with Crippen molar-refractivity contribution in [3.8, 4) is 0 Å². The fourth-order valence-corrected chi connectivity index (χ4v) is 3.99. The van der Waals surface area contributed by atoms with E-state index in [1.54, 1.807) is 0 Å². The van der Waals surface area contributed by atoms with Crippen LogP contribution in [0.2, 0.25) is 5.02 Å². The highest BCUT2D eigenvalue weighted by atomic mass is 35.5. The second-order valence-corrected chi connectivity index (χ2v) is 7.16. The molecule has 2 rings (SSSR count). The van der Waals surface area contributed by atoms with E-state index in [4.69, 9.17) is 17.3 Å². The number of nitrogens with two attached hydrogens (primary N) is 1. The first kappa shape index (κ1) is 15.2. The highest BCUT2D eigenvalue weighted by molar-refractivity contribution is 8.00. The molecular weight excluding hydrogens is 276 g/mol. The largest absolute Gasteiger partial charge is 0.324 e. The zero-order valence-corrected chi connectivity index (χ0v) is 13.3. The third kappa shape index (κ3) is 3.88. The summed E-state index contributed by atoms with van der Waals surface area (Å²) >= 11 is 8.26. The van der Waals surface area contributed by atoms with E-state index in [9.17, 15) is 0 Å². The summed E-state index contributed by atoms with van der Waals surface area (Å²) in [5.41, 5.74) is 7.34. The number of hydrogen-bond donors (Lipinski definition) is 1. The van der Waals surface area contributed by atoms with Crippen LogP contribution in [0.1, 0.15) is 31.9 Å². The number of thioether (sulfide) groups is 1. The molecule has 0 amide bonds. The number of benzene rings is 1. The highest BCUT2D eigenvalue weighted by Crippen LogP contribution is 2.27. The standard InChI is InChI=1S/C15H23ClN2S/c1-11-12(2)19-10-9-18(11)8-7-15(17)13-5-3-4-6-14(13)16/h3-6,11-12,15H,7-10,17H2,1-2H3. The first-order chi connectivity index (χ1) is 9.09. The van der Waals surface area contributed by atoms with Crippen molar-refractivity contribution in [3.05, 3.63) is 34.9 Å². The molecule has 1 fully saturated rings. The maximum atomic E-state index is 6.28. The monoisotopic (exact) mass is 298 g/mol. The van der Waals surface area contributed by atoms with Gasteiger partial charge in [-0.05, 0) is 25.0 Å². The molecule has 3 unspecified atom stereocenters. The van der Waals surface area contributed by atoms with Crippen LogP contribution in [0.15, 0.2) is 24.3 Å². The third-order valence-electron chi connectivity index (χ3n) is 4.05. The van der Waals surface area contributed by atoms with Crippen molar-refractivity contribution in [1.29, 1.82) is 0 Å². The second kappa shape index (κ2) is 6.98. The van der Waals surface area contributed by atoms with Gasteiger partial charge in [0.05, 0.1) is 0 Å². The van der Waals surface area contributed by atoms with Crippen molar-refractivity contribution in [1.82, 2.24) is 4.90 Å². The Morgan fingerprint density at radius 2 is 2.16 bits per heavy atom. The van der Waals surface area contributed by atoms with Gasteiger partial charge in [0.15, 0.2) is 0 Å². The van der Waals surface area contributed by atoms with Crippen molar-refractivity contribution in [2.75, 3.05) is 18.8 Å². The molecule has 0 aromatic heterocycles. The summed E-state index contributed by atoms with van der Waals surface area (Å²) in [4.78, 5) is 2.55. The van der Waals surface area contributed by atoms with Crippen molar-refractivity contribution in [3.63, 3.8) is 0 Å². The molecule has 106 valence electrons. The molecule has 1 saturated heterocycles. The minimum atomic E-state index is 0.0331. The van der Waals surface area contributed by atoms with E-state index in [1.165, 1.54) is 12.3 Å². The summed E-state index contributed by atoms with van der Waals surface area (Å²) in [6.07, 6.45) is 0.964. The Morgan fingerprint density at radius 1 is 1.42 bits per heavy atom. The maximum Gasteiger partial charge on any atom is 0.0453 e. The molecule has 1 aliphatic heterocycles. The van der Waals surface area contributed by atoms with Gasteiger partial charge >= 0.3 is 0 Å². The van der Waals surface area contributed by atoms with E-state index in [0.29, 0.717) is 11.3 Å². The summed E-state index contributed by atoms with van der Waals surface area (Å²) in [5.74, 6) is 1.23. The number of rotatable bonds is 4. The van der Waals surface area contributed by atoms with Gasteiger partial charge in [-0.3, -0.25) is 4.90 Å². The zero-order valence-electron chi connectivity index (χ0n) is 11.7. The van der Waals surface area contributed by atoms with E-state index in [1.807, 2.05) is 24.3 Å². The van der Waals surface area contributed by atoms with Gasteiger partial charge in [-0.25, -0.2) is 0 Å². The molecule has 0 aliphatic carbocycles. The Kier molecular flexibility index (Phi) is 5.58. The van der Waals surface area contributed by atoms with Crippen molar-refractivity contribution in [2.45, 2.75) is 37.6 Å². The van der Waals surface area contributed by atoms with Gasteiger partial charge in [-0.2, -0.15) is 11.8 Å². The quantitative estimate of drug-likeness (QED) is 0.921. The number of halogens is 1. The van der Waals surface area contributed by atoms with Crippen LogP contribution in [-0.4, -0.2) is 35.0 Å². The van der Waals surface area contributed by atoms with Gasteiger partial charge in [-0.15, -0.1) is 0 Å². The number of nitrogens with zero attached hydrogens (tertiary/aromatic N) is 1. The van der Waals surface area contributed by atoms with E-state index in [-0.39, 0.29) is 6.04 Å². The zero-order chi connectivity index (χ0) is 13.8. The molecule has 1 heterocycles. The lowest BCUT2D eigenvalue weighted by atomic mass is 10.0. The molecule has 1 aromatic carbocycles. The van der Waals surface area contributed by atoms with Gasteiger partial charge < -0.3 is 5.73 Å².